The molecule has 2 unspecified atom stereocenters. The molecule has 4 aromatic rings. The number of hydrogen-bond acceptors (Lipinski definition) is 10. The molecule has 0 aliphatic carbocycles. The number of amides is 3. The molecule has 2 saturated heterocycles. The lowest BCUT2D eigenvalue weighted by Gasteiger charge is -2.37. The van der Waals surface area contributed by atoms with E-state index in [2.05, 4.69) is 25.1 Å². The largest absolute Gasteiger partial charge is 0.477 e. The van der Waals surface area contributed by atoms with E-state index in [4.69, 9.17) is 17.3 Å². The van der Waals surface area contributed by atoms with Crippen LogP contribution in [0.15, 0.2) is 36.8 Å². The fourth-order valence-corrected chi connectivity index (χ4v) is 7.79. The van der Waals surface area contributed by atoms with Crippen molar-refractivity contribution in [1.82, 2.24) is 38.8 Å². The zero-order valence-electron chi connectivity index (χ0n) is 30.6. The van der Waals surface area contributed by atoms with Gasteiger partial charge in [-0.05, 0) is 36.2 Å². The molecule has 6 N–H and O–H groups in total. The maximum Gasteiger partial charge on any atom is 0.435 e. The highest BCUT2D eigenvalue weighted by atomic mass is 35.5. The zero-order valence-corrected chi connectivity index (χ0v) is 32.2. The van der Waals surface area contributed by atoms with Crippen LogP contribution in [0.2, 0.25) is 5.02 Å². The number of imidazole rings is 1. The summed E-state index contributed by atoms with van der Waals surface area (Å²) in [6, 6.07) is 4.34. The number of benzene rings is 1. The molecule has 300 valence electrons. The minimum absolute atomic E-state index is 0.00507. The summed E-state index contributed by atoms with van der Waals surface area (Å²) in [5.74, 6) is -1.96. The number of quaternary nitrogens is 1. The highest BCUT2D eigenvalue weighted by molar-refractivity contribution is 7.09. The Bertz CT molecular complexity index is 2090. The van der Waals surface area contributed by atoms with Gasteiger partial charge in [0.1, 0.15) is 0 Å². The van der Waals surface area contributed by atoms with E-state index in [0.29, 0.717) is 38.4 Å². The predicted molar refractivity (Wildman–Crippen MR) is 201 cm³/mol. The average Bonchev–Trinajstić information content (AvgIpc) is 3.87. The smallest absolute Gasteiger partial charge is 0.435 e. The van der Waals surface area contributed by atoms with Gasteiger partial charge in [-0.15, -0.1) is 0 Å². The summed E-state index contributed by atoms with van der Waals surface area (Å²) >= 11 is 7.40. The molecular weight excluding hydrogens is 779 g/mol. The van der Waals surface area contributed by atoms with Crippen molar-refractivity contribution in [1.29, 1.82) is 0 Å². The molecule has 0 radical (unpaired) electrons. The Morgan fingerprint density at radius 1 is 1.14 bits per heavy atom. The van der Waals surface area contributed by atoms with Gasteiger partial charge in [0.15, 0.2) is 23.1 Å². The number of piperazine rings is 1. The molecule has 1 aromatic carbocycles. The van der Waals surface area contributed by atoms with Crippen molar-refractivity contribution in [3.8, 4) is 16.3 Å². The zero-order chi connectivity index (χ0) is 40.3. The molecule has 21 heteroatoms. The Morgan fingerprint density at radius 3 is 2.45 bits per heavy atom. The summed E-state index contributed by atoms with van der Waals surface area (Å²) in [6.07, 6.45) is -0.0325. The Balaban J connectivity index is 1.05. The second-order valence-corrected chi connectivity index (χ2v) is 15.1. The second-order valence-electron chi connectivity index (χ2n) is 13.9. The number of hydrogen-bond donors (Lipinski definition) is 5. The first kappa shape index (κ1) is 40.6. The maximum atomic E-state index is 14.0. The van der Waals surface area contributed by atoms with Gasteiger partial charge in [0.25, 0.3) is 11.8 Å². The summed E-state index contributed by atoms with van der Waals surface area (Å²) in [5.41, 5.74) is 4.87. The number of carbonyl (C=O) groups is 4. The number of nitrogen functional groups attached to an aromatic ring is 1. The van der Waals surface area contributed by atoms with Crippen molar-refractivity contribution in [3.63, 3.8) is 0 Å². The Kier molecular flexibility index (Phi) is 12.3. The average molecular weight is 821 g/mol. The van der Waals surface area contributed by atoms with E-state index in [9.17, 15) is 37.5 Å². The van der Waals surface area contributed by atoms with Crippen LogP contribution in [0.1, 0.15) is 46.4 Å². The van der Waals surface area contributed by atoms with Gasteiger partial charge in [-0.25, -0.2) is 14.5 Å². The second kappa shape index (κ2) is 17.0. The van der Waals surface area contributed by atoms with Gasteiger partial charge in [0.05, 0.1) is 53.0 Å². The third kappa shape index (κ3) is 8.98. The number of rotatable bonds is 14. The third-order valence-corrected chi connectivity index (χ3v) is 11.2. The van der Waals surface area contributed by atoms with Crippen LogP contribution >= 0.6 is 23.1 Å². The van der Waals surface area contributed by atoms with Gasteiger partial charge in [-0.2, -0.15) is 22.6 Å². The van der Waals surface area contributed by atoms with Crippen molar-refractivity contribution in [3.05, 3.63) is 58.9 Å². The fraction of sp³-hybridized carbons (Fsp3) is 0.457. The SMILES string of the molecule is CCC(CC[NH+](CC(=O)O)CC1CNC1)C(=O)N1CCN(C(=O)c2ccc(NC(=O)c3ncc(-c4cn(-c5sncc5N)nc4C(F)(F)F)n3C)cc2Cl)CC1. The van der Waals surface area contributed by atoms with Crippen molar-refractivity contribution >= 4 is 58.2 Å². The predicted octanol–water partition coefficient (Wildman–Crippen LogP) is 2.13. The summed E-state index contributed by atoms with van der Waals surface area (Å²) in [4.78, 5) is 60.0. The number of halogens is 4. The van der Waals surface area contributed by atoms with Gasteiger partial charge in [-0.1, -0.05) is 18.5 Å². The first-order valence-electron chi connectivity index (χ1n) is 18.0. The van der Waals surface area contributed by atoms with Crippen molar-refractivity contribution in [2.75, 3.05) is 70.0 Å². The number of nitrogens with two attached hydrogens (primary N) is 1. The molecule has 0 saturated carbocycles. The van der Waals surface area contributed by atoms with Crippen LogP contribution in [-0.4, -0.2) is 121 Å². The quantitative estimate of drug-likeness (QED) is 0.126. The number of anilines is 2. The van der Waals surface area contributed by atoms with Gasteiger partial charge in [0, 0.05) is 76.5 Å². The maximum absolute atomic E-state index is 14.0. The number of carboxylic acid groups (broad SMARTS) is 1. The van der Waals surface area contributed by atoms with E-state index in [1.54, 1.807) is 9.80 Å². The number of nitrogens with one attached hydrogen (secondary N) is 3. The van der Waals surface area contributed by atoms with Crippen molar-refractivity contribution in [2.24, 2.45) is 18.9 Å². The first-order valence-corrected chi connectivity index (χ1v) is 19.1. The molecule has 5 heterocycles. The number of carbonyl (C=O) groups excluding carboxylic acids is 3. The highest BCUT2D eigenvalue weighted by Gasteiger charge is 2.39. The number of carboxylic acids is 1. The third-order valence-electron chi connectivity index (χ3n) is 10.1. The molecule has 3 amide bonds. The van der Waals surface area contributed by atoms with Gasteiger partial charge >= 0.3 is 12.1 Å². The van der Waals surface area contributed by atoms with Crippen LogP contribution in [0.4, 0.5) is 24.5 Å². The first-order chi connectivity index (χ1) is 26.6. The van der Waals surface area contributed by atoms with E-state index in [1.165, 1.54) is 36.0 Å². The standard InChI is InChI=1S/C35H41ClF3N11O5S/c1-3-21(6-7-47(19-28(51)52)17-20-13-41-14-20)32(54)48-8-10-49(11-9-48)33(55)23-5-4-22(12-25(23)36)44-31(53)30-42-16-27(46(30)2)24-18-50(34-26(40)15-43-56-34)45-29(24)35(37,38)39/h4-5,12,15-16,18,20-21,41H,3,6-11,13-14,17,19,40H2,1-2H3,(H,44,53)(H,51,52)/p+1. The summed E-state index contributed by atoms with van der Waals surface area (Å²) in [5, 5.41) is 19.2. The van der Waals surface area contributed by atoms with Crippen LogP contribution in [0.25, 0.3) is 16.3 Å². The van der Waals surface area contributed by atoms with E-state index < -0.39 is 23.7 Å². The normalized spacial score (nSPS) is 16.0. The molecular formula is C35H42ClF3N11O5S+. The van der Waals surface area contributed by atoms with Crippen LogP contribution in [0.5, 0.6) is 0 Å². The van der Waals surface area contributed by atoms with Crippen LogP contribution < -0.4 is 21.3 Å². The van der Waals surface area contributed by atoms with E-state index >= 15 is 0 Å². The summed E-state index contributed by atoms with van der Waals surface area (Å²) < 4.78 is 48.2. The lowest BCUT2D eigenvalue weighted by molar-refractivity contribution is -0.897. The van der Waals surface area contributed by atoms with Crippen LogP contribution in [0, 0.1) is 11.8 Å². The number of aromatic nitrogens is 5. The Hall–Kier alpha value is -5.05. The topological polar surface area (TPSA) is 198 Å². The van der Waals surface area contributed by atoms with Crippen LogP contribution in [-0.2, 0) is 22.8 Å². The molecule has 2 aliphatic heterocycles. The summed E-state index contributed by atoms with van der Waals surface area (Å²) in [6.45, 7) is 6.30. The number of aliphatic carboxylic acids is 1. The Labute approximate surface area is 328 Å². The van der Waals surface area contributed by atoms with E-state index in [1.807, 2.05) is 6.92 Å². The van der Waals surface area contributed by atoms with Gasteiger partial charge < -0.3 is 40.7 Å². The minimum Gasteiger partial charge on any atom is -0.477 e. The van der Waals surface area contributed by atoms with Gasteiger partial charge in [-0.3, -0.25) is 14.4 Å². The molecule has 16 nitrogen and oxygen atoms in total. The number of alkyl halides is 3. The van der Waals surface area contributed by atoms with Gasteiger partial charge in [0.2, 0.25) is 5.91 Å². The van der Waals surface area contributed by atoms with Crippen molar-refractivity contribution in [2.45, 2.75) is 25.9 Å². The molecule has 0 spiro atoms. The van der Waals surface area contributed by atoms with E-state index in [-0.39, 0.29) is 81.4 Å². The molecule has 56 heavy (non-hydrogen) atoms. The molecule has 0 bridgehead atoms. The Morgan fingerprint density at radius 2 is 1.86 bits per heavy atom. The molecule has 2 atom stereocenters. The highest BCUT2D eigenvalue weighted by Crippen LogP contribution is 2.38. The van der Waals surface area contributed by atoms with Crippen LogP contribution in [0.3, 0.4) is 0 Å². The molecule has 2 aliphatic rings. The molecule has 6 rings (SSSR count). The lowest BCUT2D eigenvalue weighted by Crippen LogP contribution is -3.14. The molecule has 2 fully saturated rings. The minimum atomic E-state index is -4.83. The number of nitrogens with zero attached hydrogens (tertiary/aromatic N) is 7. The summed E-state index contributed by atoms with van der Waals surface area (Å²) in [7, 11) is 1.40. The fourth-order valence-electron chi connectivity index (χ4n) is 6.93. The van der Waals surface area contributed by atoms with E-state index in [0.717, 1.165) is 53.1 Å². The van der Waals surface area contributed by atoms with Crippen molar-refractivity contribution < 1.29 is 42.4 Å². The monoisotopic (exact) mass is 820 g/mol. The lowest BCUT2D eigenvalue weighted by atomic mass is 9.98. The molecule has 3 aromatic heterocycles.